The van der Waals surface area contributed by atoms with E-state index in [0.717, 1.165) is 36.4 Å². The van der Waals surface area contributed by atoms with Gasteiger partial charge in [-0.05, 0) is 60.4 Å². The maximum absolute atomic E-state index is 13.1. The highest BCUT2D eigenvalue weighted by atomic mass is 32.2. The van der Waals surface area contributed by atoms with Gasteiger partial charge in [-0.15, -0.1) is 5.10 Å². The molecule has 7 nitrogen and oxygen atoms in total. The zero-order chi connectivity index (χ0) is 19.2. The quantitative estimate of drug-likeness (QED) is 0.566. The van der Waals surface area contributed by atoms with Crippen LogP contribution >= 0.6 is 11.8 Å². The maximum Gasteiger partial charge on any atom is 0.237 e. The molecule has 8 heteroatoms. The van der Waals surface area contributed by atoms with E-state index in [2.05, 4.69) is 21.6 Å². The van der Waals surface area contributed by atoms with Gasteiger partial charge in [0.05, 0.1) is 24.2 Å². The molecule has 2 heterocycles. The standard InChI is InChI=1S/C20H21N5O2S/c26-19(15-28-20-21-22-23-25(20)17-10-5-2-6-11-17)24(14-18-12-7-13-27-18)16-8-3-1-4-9-16/h2,5-8,10-13H,1,3-4,9,14-15H2. The first-order valence-corrected chi connectivity index (χ1v) is 10.3. The van der Waals surface area contributed by atoms with Crippen molar-refractivity contribution in [2.75, 3.05) is 5.75 Å². The van der Waals surface area contributed by atoms with Gasteiger partial charge in [0.15, 0.2) is 0 Å². The SMILES string of the molecule is O=C(CSc1nnnn1-c1ccccc1)N(Cc1ccco1)C1=CCCCC1. The van der Waals surface area contributed by atoms with Crippen molar-refractivity contribution in [1.29, 1.82) is 0 Å². The van der Waals surface area contributed by atoms with E-state index in [9.17, 15) is 4.79 Å². The molecule has 0 aliphatic heterocycles. The lowest BCUT2D eigenvalue weighted by atomic mass is 10.0. The minimum atomic E-state index is 0.0251. The van der Waals surface area contributed by atoms with Crippen LogP contribution in [0.4, 0.5) is 0 Å². The molecule has 0 spiro atoms. The van der Waals surface area contributed by atoms with E-state index in [1.165, 1.54) is 18.2 Å². The lowest BCUT2D eigenvalue weighted by Gasteiger charge is -2.27. The van der Waals surface area contributed by atoms with Crippen molar-refractivity contribution in [3.8, 4) is 5.69 Å². The number of aromatic nitrogens is 4. The molecular weight excluding hydrogens is 374 g/mol. The van der Waals surface area contributed by atoms with Crippen LogP contribution in [0.1, 0.15) is 31.4 Å². The Kier molecular flexibility index (Phi) is 5.86. The summed E-state index contributed by atoms with van der Waals surface area (Å²) in [5, 5.41) is 12.5. The summed E-state index contributed by atoms with van der Waals surface area (Å²) < 4.78 is 7.12. The topological polar surface area (TPSA) is 77.1 Å². The number of hydrogen-bond acceptors (Lipinski definition) is 6. The molecule has 4 rings (SSSR count). The molecule has 28 heavy (non-hydrogen) atoms. The highest BCUT2D eigenvalue weighted by Crippen LogP contribution is 2.25. The number of para-hydroxylation sites is 1. The largest absolute Gasteiger partial charge is 0.467 e. The summed E-state index contributed by atoms with van der Waals surface area (Å²) in [6, 6.07) is 13.4. The molecule has 0 atom stereocenters. The second-order valence-electron chi connectivity index (χ2n) is 6.50. The number of hydrogen-bond donors (Lipinski definition) is 0. The first kappa shape index (κ1) is 18.5. The third-order valence-corrected chi connectivity index (χ3v) is 5.48. The number of thioether (sulfide) groups is 1. The summed E-state index contributed by atoms with van der Waals surface area (Å²) in [6.07, 6.45) is 8.01. The van der Waals surface area contributed by atoms with Gasteiger partial charge in [0, 0.05) is 5.70 Å². The molecule has 0 saturated carbocycles. The van der Waals surface area contributed by atoms with Crippen LogP contribution in [0, 0.1) is 0 Å². The van der Waals surface area contributed by atoms with Crippen LogP contribution in [-0.2, 0) is 11.3 Å². The molecule has 0 bridgehead atoms. The molecule has 0 radical (unpaired) electrons. The van der Waals surface area contributed by atoms with Crippen LogP contribution in [0.25, 0.3) is 5.69 Å². The van der Waals surface area contributed by atoms with E-state index in [4.69, 9.17) is 4.42 Å². The first-order valence-electron chi connectivity index (χ1n) is 9.29. The van der Waals surface area contributed by atoms with Gasteiger partial charge in [-0.1, -0.05) is 36.0 Å². The lowest BCUT2D eigenvalue weighted by molar-refractivity contribution is -0.127. The fourth-order valence-corrected chi connectivity index (χ4v) is 3.95. The van der Waals surface area contributed by atoms with E-state index >= 15 is 0 Å². The average Bonchev–Trinajstić information content (AvgIpc) is 3.43. The number of nitrogens with zero attached hydrogens (tertiary/aromatic N) is 5. The molecular formula is C20H21N5O2S. The zero-order valence-electron chi connectivity index (χ0n) is 15.4. The van der Waals surface area contributed by atoms with Gasteiger partial charge in [0.1, 0.15) is 5.76 Å². The van der Waals surface area contributed by atoms with E-state index in [-0.39, 0.29) is 11.7 Å². The Balaban J connectivity index is 1.48. The summed E-state index contributed by atoms with van der Waals surface area (Å²) in [4.78, 5) is 14.9. The van der Waals surface area contributed by atoms with Gasteiger partial charge >= 0.3 is 0 Å². The van der Waals surface area contributed by atoms with Gasteiger partial charge < -0.3 is 9.32 Å². The lowest BCUT2D eigenvalue weighted by Crippen LogP contribution is -2.32. The molecule has 1 aromatic carbocycles. The number of amides is 1. The monoisotopic (exact) mass is 395 g/mol. The number of carbonyl (C=O) groups excluding carboxylic acids is 1. The average molecular weight is 395 g/mol. The van der Waals surface area contributed by atoms with Crippen LogP contribution in [0.2, 0.25) is 0 Å². The van der Waals surface area contributed by atoms with Crippen molar-refractivity contribution in [3.05, 3.63) is 66.3 Å². The fourth-order valence-electron chi connectivity index (χ4n) is 3.18. The van der Waals surface area contributed by atoms with Gasteiger partial charge in [0.2, 0.25) is 11.1 Å². The van der Waals surface area contributed by atoms with Crippen LogP contribution in [0.3, 0.4) is 0 Å². The molecule has 2 aromatic heterocycles. The Morgan fingerprint density at radius 2 is 2.07 bits per heavy atom. The number of allylic oxidation sites excluding steroid dienone is 2. The molecule has 0 saturated heterocycles. The third-order valence-electron chi connectivity index (χ3n) is 4.58. The smallest absolute Gasteiger partial charge is 0.237 e. The highest BCUT2D eigenvalue weighted by molar-refractivity contribution is 7.99. The molecule has 1 aliphatic carbocycles. The first-order chi connectivity index (χ1) is 13.8. The fraction of sp³-hybridized carbons (Fsp3) is 0.300. The van der Waals surface area contributed by atoms with Crippen molar-refractivity contribution in [2.24, 2.45) is 0 Å². The van der Waals surface area contributed by atoms with Crippen molar-refractivity contribution < 1.29 is 9.21 Å². The van der Waals surface area contributed by atoms with Crippen LogP contribution < -0.4 is 0 Å². The molecule has 0 N–H and O–H groups in total. The summed E-state index contributed by atoms with van der Waals surface area (Å²) in [5.41, 5.74) is 1.95. The van der Waals surface area contributed by atoms with E-state index in [1.54, 1.807) is 10.9 Å². The predicted octanol–water partition coefficient (Wildman–Crippen LogP) is 3.83. The Morgan fingerprint density at radius 1 is 1.18 bits per heavy atom. The Hall–Kier alpha value is -2.87. The second kappa shape index (κ2) is 8.88. The normalized spacial score (nSPS) is 13.9. The molecule has 0 unspecified atom stereocenters. The molecule has 1 aliphatic rings. The van der Waals surface area contributed by atoms with Crippen molar-refractivity contribution in [2.45, 2.75) is 37.4 Å². The number of rotatable bonds is 7. The summed E-state index contributed by atoms with van der Waals surface area (Å²) in [5.74, 6) is 1.06. The molecule has 144 valence electrons. The summed E-state index contributed by atoms with van der Waals surface area (Å²) in [7, 11) is 0. The highest BCUT2D eigenvalue weighted by Gasteiger charge is 2.22. The van der Waals surface area contributed by atoms with Crippen molar-refractivity contribution in [3.63, 3.8) is 0 Å². The summed E-state index contributed by atoms with van der Waals surface area (Å²) >= 11 is 1.34. The molecule has 1 amide bonds. The van der Waals surface area contributed by atoms with Gasteiger partial charge in [0.25, 0.3) is 0 Å². The Bertz CT molecular complexity index is 937. The predicted molar refractivity (Wildman–Crippen MR) is 106 cm³/mol. The van der Waals surface area contributed by atoms with E-state index in [1.807, 2.05) is 47.4 Å². The van der Waals surface area contributed by atoms with Gasteiger partial charge in [-0.2, -0.15) is 4.68 Å². The van der Waals surface area contributed by atoms with Crippen LogP contribution in [-0.4, -0.2) is 36.8 Å². The maximum atomic E-state index is 13.1. The Labute approximate surface area is 167 Å². The minimum absolute atomic E-state index is 0.0251. The van der Waals surface area contributed by atoms with Crippen LogP contribution in [0.15, 0.2) is 70.1 Å². The number of tetrazole rings is 1. The van der Waals surface area contributed by atoms with Gasteiger partial charge in [-0.25, -0.2) is 0 Å². The van der Waals surface area contributed by atoms with Crippen molar-refractivity contribution >= 4 is 17.7 Å². The Morgan fingerprint density at radius 3 is 2.82 bits per heavy atom. The van der Waals surface area contributed by atoms with Gasteiger partial charge in [-0.3, -0.25) is 4.79 Å². The number of carbonyl (C=O) groups is 1. The minimum Gasteiger partial charge on any atom is -0.467 e. The third kappa shape index (κ3) is 4.33. The number of furan rings is 1. The number of benzene rings is 1. The molecule has 0 fully saturated rings. The van der Waals surface area contributed by atoms with Crippen molar-refractivity contribution in [1.82, 2.24) is 25.1 Å². The van der Waals surface area contributed by atoms with E-state index < -0.39 is 0 Å². The summed E-state index contributed by atoms with van der Waals surface area (Å²) in [6.45, 7) is 0.446. The van der Waals surface area contributed by atoms with Crippen LogP contribution in [0.5, 0.6) is 0 Å². The second-order valence-corrected chi connectivity index (χ2v) is 7.44. The zero-order valence-corrected chi connectivity index (χ0v) is 16.2. The molecule has 3 aromatic rings. The van der Waals surface area contributed by atoms with E-state index in [0.29, 0.717) is 11.7 Å².